The number of nitrogens with one attached hydrogen (secondary N) is 2. The number of aromatic nitrogens is 6. The third kappa shape index (κ3) is 17.7. The molecule has 0 radical (unpaired) electrons. The van der Waals surface area contributed by atoms with Crippen molar-refractivity contribution >= 4 is 110 Å². The highest BCUT2D eigenvalue weighted by molar-refractivity contribution is 9.10. The van der Waals surface area contributed by atoms with Gasteiger partial charge in [0.05, 0.1) is 70.5 Å². The Morgan fingerprint density at radius 1 is 0.560 bits per heavy atom. The van der Waals surface area contributed by atoms with Gasteiger partial charge in [0.2, 0.25) is 0 Å². The number of H-pyrrole nitrogens is 1. The molecule has 13 nitrogen and oxygen atoms in total. The van der Waals surface area contributed by atoms with E-state index in [4.69, 9.17) is 25.0 Å². The van der Waals surface area contributed by atoms with Crippen molar-refractivity contribution in [1.29, 1.82) is 0 Å². The van der Waals surface area contributed by atoms with Gasteiger partial charge in [0.1, 0.15) is 17.2 Å². The molecule has 0 aliphatic rings. The molecule has 4 N–H and O–H groups in total. The summed E-state index contributed by atoms with van der Waals surface area (Å²) in [5.74, 6) is 3.98. The van der Waals surface area contributed by atoms with Gasteiger partial charge in [0.15, 0.2) is 10.3 Å². The number of para-hydroxylation sites is 2. The number of hydrogen-bond acceptors (Lipinski definition) is 13. The number of rotatable bonds is 14. The fourth-order valence-electron chi connectivity index (χ4n) is 12.3. The molecule has 9 aromatic carbocycles. The number of aromatic amines is 1. The summed E-state index contributed by atoms with van der Waals surface area (Å²) in [5.41, 5.74) is 19.4. The molecule has 0 bridgehead atoms. The van der Waals surface area contributed by atoms with Gasteiger partial charge in [-0.15, -0.1) is 0 Å². The average Bonchev–Trinajstić information content (AvgIpc) is 0.825. The lowest BCUT2D eigenvalue weighted by Crippen LogP contribution is -2.33. The van der Waals surface area contributed by atoms with Crippen LogP contribution in [-0.2, 0) is 6.54 Å². The highest BCUT2D eigenvalue weighted by Gasteiger charge is 2.41. The first-order valence-corrected chi connectivity index (χ1v) is 36.6. The van der Waals surface area contributed by atoms with E-state index >= 15 is 0 Å². The highest BCUT2D eigenvalue weighted by atomic mass is 79.9. The summed E-state index contributed by atoms with van der Waals surface area (Å²) in [6.45, 7) is 28.5. The van der Waals surface area contributed by atoms with Gasteiger partial charge < -0.3 is 25.3 Å². The zero-order valence-corrected chi connectivity index (χ0v) is 62.5. The first kappa shape index (κ1) is 76.7. The maximum atomic E-state index is 13.0. The van der Waals surface area contributed by atoms with Gasteiger partial charge >= 0.3 is 0 Å². The van der Waals surface area contributed by atoms with Crippen LogP contribution in [0.1, 0.15) is 138 Å². The van der Waals surface area contributed by atoms with Gasteiger partial charge in [-0.1, -0.05) is 254 Å². The minimum Gasteiger partial charge on any atom is -0.497 e. The van der Waals surface area contributed by atoms with E-state index in [0.717, 1.165) is 91.8 Å². The summed E-state index contributed by atoms with van der Waals surface area (Å²) in [7, 11) is 4.63. The number of hydrogen-bond donors (Lipinski definition) is 3. The van der Waals surface area contributed by atoms with Crippen molar-refractivity contribution < 1.29 is 14.2 Å². The van der Waals surface area contributed by atoms with Gasteiger partial charge in [-0.2, -0.15) is 10.2 Å². The van der Waals surface area contributed by atoms with Crippen LogP contribution in [0.15, 0.2) is 208 Å². The molecule has 4 heterocycles. The largest absolute Gasteiger partial charge is 0.497 e. The number of nitrogen functional groups attached to an aromatic ring is 1. The van der Waals surface area contributed by atoms with E-state index in [0.29, 0.717) is 40.2 Å². The fraction of sp³-hybridized carbons (Fsp3) is 0.277. The maximum absolute atomic E-state index is 13.0. The third-order valence-electron chi connectivity index (χ3n) is 16.7. The Labute approximate surface area is 607 Å². The van der Waals surface area contributed by atoms with Crippen LogP contribution >= 0.6 is 46.5 Å². The first-order valence-electron chi connectivity index (χ1n) is 32.8. The lowest BCUT2D eigenvalue weighted by Gasteiger charge is -2.43. The Balaban J connectivity index is 0.000000177. The van der Waals surface area contributed by atoms with Gasteiger partial charge in [-0.3, -0.25) is 9.59 Å². The lowest BCUT2D eigenvalue weighted by molar-refractivity contribution is 0.407. The predicted molar refractivity (Wildman–Crippen MR) is 433 cm³/mol. The molecule has 0 unspecified atom stereocenters. The minimum atomic E-state index is -0.619. The van der Waals surface area contributed by atoms with Crippen molar-refractivity contribution in [3.05, 3.63) is 242 Å². The van der Waals surface area contributed by atoms with E-state index in [1.54, 1.807) is 25.6 Å². The van der Waals surface area contributed by atoms with Crippen LogP contribution in [0.4, 0.5) is 16.0 Å². The summed E-state index contributed by atoms with van der Waals surface area (Å²) < 4.78 is 22.3. The molecular weight excluding hydrogens is 1360 g/mol. The fourth-order valence-corrected chi connectivity index (χ4v) is 18.4. The zero-order valence-electron chi connectivity index (χ0n) is 58.4. The molecule has 0 spiro atoms. The number of nitrogens with zero attached hydrogens (tertiary/aromatic N) is 5. The van der Waals surface area contributed by atoms with Crippen molar-refractivity contribution in [2.75, 3.05) is 32.4 Å². The molecule has 4 aromatic heterocycles. The van der Waals surface area contributed by atoms with Crippen LogP contribution in [-0.4, -0.2) is 61.6 Å². The van der Waals surface area contributed by atoms with E-state index < -0.39 is 7.92 Å². The number of ether oxygens (including phenoxy) is 3. The molecule has 13 aromatic rings. The molecule has 13 rings (SSSR count). The molecular formula is C83H94BrN8O5PS2. The smallest absolute Gasteiger partial charge is 0.274 e. The first-order chi connectivity index (χ1) is 46.8. The van der Waals surface area contributed by atoms with Crippen LogP contribution < -0.4 is 41.7 Å². The maximum Gasteiger partial charge on any atom is 0.274 e. The molecule has 0 aliphatic heterocycles. The van der Waals surface area contributed by atoms with E-state index in [-0.39, 0.29) is 36.3 Å². The Morgan fingerprint density at radius 3 is 1.59 bits per heavy atom. The van der Waals surface area contributed by atoms with Gasteiger partial charge in [0.25, 0.3) is 11.1 Å². The van der Waals surface area contributed by atoms with E-state index in [1.807, 2.05) is 171 Å². The van der Waals surface area contributed by atoms with E-state index in [9.17, 15) is 9.59 Å². The second-order valence-electron chi connectivity index (χ2n) is 26.8. The van der Waals surface area contributed by atoms with Crippen molar-refractivity contribution in [1.82, 2.24) is 29.9 Å². The summed E-state index contributed by atoms with van der Waals surface area (Å²) in [6.07, 6.45) is 0. The van der Waals surface area contributed by atoms with Crippen LogP contribution in [0.5, 0.6) is 17.2 Å². The molecule has 100 heavy (non-hydrogen) atoms. The van der Waals surface area contributed by atoms with Crippen molar-refractivity contribution in [3.63, 3.8) is 0 Å². The topological polar surface area (TPSA) is 172 Å². The van der Waals surface area contributed by atoms with Crippen LogP contribution in [0, 0.1) is 0 Å². The standard InChI is InChI=1S/C31H49O2P.C22H17BrN2O2.C21H14N4OS.C7H6N2S.2CH4/c1-19(2)22-17-23(20(3)4)27(24(18-22)21(5)6)28-25(32-13)15-16-26(33-14)29(28)34(30(7,8)9)31(10,11)12;1-27-18-12-6-15(7-13-18)14-25-22(26)20-5-3-2-4-19(20)21(24-25)16-8-10-17(23)11-9-16;26-20-16-6-2-1-5-15(16)19(24-25-20)13-9-11-14(12-10-13)22-21-23-17-7-3-4-8-18(17)27-21;8-7-9-5-3-1-2-4-6(5)10-7;;/h15-21H,1-14H3;2-13H,14H2,1H3;1-12H,(H,22,23)(H,25,26);1-4H,(H2,8,9);2*1H4. The Bertz CT molecular complexity index is 4920. The molecule has 0 atom stereocenters. The van der Waals surface area contributed by atoms with E-state index in [2.05, 4.69) is 155 Å². The van der Waals surface area contributed by atoms with Crippen LogP contribution in [0.2, 0.25) is 0 Å². The van der Waals surface area contributed by atoms with Gasteiger partial charge in [-0.25, -0.2) is 19.7 Å². The van der Waals surface area contributed by atoms with Crippen LogP contribution in [0.25, 0.3) is 75.6 Å². The highest BCUT2D eigenvalue weighted by Crippen LogP contribution is 2.62. The van der Waals surface area contributed by atoms with E-state index in [1.165, 1.54) is 49.1 Å². The number of methoxy groups -OCH3 is 3. The molecule has 17 heteroatoms. The molecule has 0 aliphatic carbocycles. The third-order valence-corrected chi connectivity index (χ3v) is 22.6. The Kier molecular flexibility index (Phi) is 25.6. The lowest BCUT2D eigenvalue weighted by atomic mass is 9.81. The molecule has 0 amide bonds. The number of nitrogens with two attached hydrogens (primary N) is 1. The summed E-state index contributed by atoms with van der Waals surface area (Å²) in [6, 6.07) is 63.8. The summed E-state index contributed by atoms with van der Waals surface area (Å²) in [4.78, 5) is 33.6. The number of benzene rings is 9. The summed E-state index contributed by atoms with van der Waals surface area (Å²) in [5, 5.41) is 20.9. The number of fused-ring (bicyclic) bond motifs is 4. The Morgan fingerprint density at radius 2 is 1.06 bits per heavy atom. The SMILES string of the molecule is C.C.COc1ccc(Cn2nc(-c3ccc(Br)cc3)c3ccccc3c2=O)cc1.COc1ccc(OC)c(P(C(C)(C)C)C(C)(C)C)c1-c1c(C(C)C)cc(C(C)C)cc1C(C)C.Nc1nc2ccccc2s1.O=c1[nH]nc(-c2ccc(Nc3nc4ccccc4s3)cc2)c2ccccc12. The number of thiazole rings is 2. The second kappa shape index (κ2) is 33.4. The normalized spacial score (nSPS) is 11.4. The monoisotopic (exact) mass is 1460 g/mol. The minimum absolute atomic E-state index is 0. The molecule has 0 fully saturated rings. The zero-order chi connectivity index (χ0) is 70.2. The van der Waals surface area contributed by atoms with Crippen molar-refractivity contribution in [3.8, 4) is 50.9 Å². The molecule has 0 saturated carbocycles. The molecule has 0 saturated heterocycles. The van der Waals surface area contributed by atoms with Gasteiger partial charge in [0, 0.05) is 42.9 Å². The number of anilines is 3. The quantitative estimate of drug-likeness (QED) is 0.0885. The predicted octanol–water partition coefficient (Wildman–Crippen LogP) is 22.4. The number of halogens is 1. The molecule has 520 valence electrons. The summed E-state index contributed by atoms with van der Waals surface area (Å²) >= 11 is 6.60. The van der Waals surface area contributed by atoms with Crippen LogP contribution in [0.3, 0.4) is 0 Å². The Hall–Kier alpha value is -9.05. The average molecular weight is 1460 g/mol. The second-order valence-corrected chi connectivity index (χ2v) is 33.6. The van der Waals surface area contributed by atoms with Gasteiger partial charge in [-0.05, 0) is 141 Å². The van der Waals surface area contributed by atoms with Crippen molar-refractivity contribution in [2.45, 2.75) is 133 Å². The van der Waals surface area contributed by atoms with Crippen molar-refractivity contribution in [2.24, 2.45) is 0 Å².